The van der Waals surface area contributed by atoms with Crippen molar-refractivity contribution in [2.75, 3.05) is 33.0 Å². The van der Waals surface area contributed by atoms with Gasteiger partial charge in [0, 0.05) is 12.1 Å². The van der Waals surface area contributed by atoms with Crippen molar-refractivity contribution in [2.24, 2.45) is 0 Å². The van der Waals surface area contributed by atoms with Crippen molar-refractivity contribution in [3.8, 4) is 0 Å². The molecule has 0 saturated heterocycles. The number of sulfonamides is 2. The average molecular weight is 799 g/mol. The van der Waals surface area contributed by atoms with Crippen LogP contribution < -0.4 is 9.44 Å². The molecule has 0 bridgehead atoms. The molecule has 0 aliphatic rings. The Kier molecular flexibility index (Phi) is 14.5. The van der Waals surface area contributed by atoms with E-state index in [0.29, 0.717) is 13.8 Å². The third-order valence-electron chi connectivity index (χ3n) is 5.34. The predicted octanol–water partition coefficient (Wildman–Crippen LogP) is 4.89. The molecule has 3 atom stereocenters. The first kappa shape index (κ1) is 46.4. The van der Waals surface area contributed by atoms with Gasteiger partial charge in [-0.15, -0.1) is 0 Å². The summed E-state index contributed by atoms with van der Waals surface area (Å²) < 4.78 is 295. The van der Waals surface area contributed by atoms with E-state index in [-0.39, 0.29) is 0 Å². The number of ether oxygens (including phenoxy) is 3. The minimum absolute atomic E-state index is 0.521. The first-order valence-electron chi connectivity index (χ1n) is 12.1. The predicted molar refractivity (Wildman–Crippen MR) is 122 cm³/mol. The van der Waals surface area contributed by atoms with Crippen LogP contribution in [0.3, 0.4) is 0 Å². The molecule has 0 aromatic heterocycles. The van der Waals surface area contributed by atoms with Gasteiger partial charge in [-0.3, -0.25) is 0 Å². The molecule has 0 fully saturated rings. The van der Waals surface area contributed by atoms with Gasteiger partial charge in [0.15, 0.2) is 0 Å². The summed E-state index contributed by atoms with van der Waals surface area (Å²) in [6.07, 6.45) is -15.6. The maximum absolute atomic E-state index is 13.7. The second kappa shape index (κ2) is 15.0. The first-order valence-corrected chi connectivity index (χ1v) is 15.1. The molecule has 0 aliphatic heterocycles. The maximum Gasteiger partial charge on any atom is 0.460 e. The molecule has 0 saturated carbocycles. The zero-order valence-electron chi connectivity index (χ0n) is 23.7. The molecule has 0 amide bonds. The maximum atomic E-state index is 13.7. The van der Waals surface area contributed by atoms with Gasteiger partial charge in [0.2, 0.25) is 0 Å². The van der Waals surface area contributed by atoms with E-state index in [2.05, 4.69) is 0 Å². The Balaban J connectivity index is 4.88. The molecule has 48 heavy (non-hydrogen) atoms. The summed E-state index contributed by atoms with van der Waals surface area (Å²) in [7, 11) is -13.8. The van der Waals surface area contributed by atoms with Gasteiger partial charge >= 0.3 is 46.6 Å². The SMILES string of the molecule is CC(COCCOC(C)COCC(C)NS(=O)(=O)C(F)(F)C(F)(F)C(F)(F)C(F)(F)F)NS(=O)(=O)C(F)(F)C(F)(F)C(F)(F)C(F)(F)F. The second-order valence-electron chi connectivity index (χ2n) is 9.67. The quantitative estimate of drug-likeness (QED) is 0.133. The fraction of sp³-hybridized carbons (Fsp3) is 1.00. The Bertz CT molecular complexity index is 1270. The van der Waals surface area contributed by atoms with E-state index in [0.717, 1.165) is 9.44 Å². The zero-order valence-corrected chi connectivity index (χ0v) is 25.4. The number of nitrogens with one attached hydrogen (secondary N) is 2. The summed E-state index contributed by atoms with van der Waals surface area (Å²) in [4.78, 5) is 0. The van der Waals surface area contributed by atoms with Crippen molar-refractivity contribution in [1.82, 2.24) is 9.44 Å². The molecule has 0 aromatic carbocycles. The normalized spacial score (nSPS) is 17.4. The smallest absolute Gasteiger partial charge is 0.377 e. The summed E-state index contributed by atoms with van der Waals surface area (Å²) in [6, 6.07) is -3.90. The first-order chi connectivity index (χ1) is 20.9. The van der Waals surface area contributed by atoms with Crippen molar-refractivity contribution >= 4 is 20.0 Å². The highest BCUT2D eigenvalue weighted by Gasteiger charge is 2.86. The Morgan fingerprint density at radius 2 is 0.792 bits per heavy atom. The molecule has 0 aromatic rings. The van der Waals surface area contributed by atoms with Gasteiger partial charge in [-0.05, 0) is 20.8 Å². The highest BCUT2D eigenvalue weighted by atomic mass is 32.2. The largest absolute Gasteiger partial charge is 0.460 e. The lowest BCUT2D eigenvalue weighted by Crippen LogP contribution is -2.65. The number of rotatable bonds is 20. The van der Waals surface area contributed by atoms with Crippen LogP contribution in [0.1, 0.15) is 20.8 Å². The minimum Gasteiger partial charge on any atom is -0.377 e. The molecular formula is C19H24F18N2O7S2. The molecule has 0 heterocycles. The Morgan fingerprint density at radius 3 is 1.10 bits per heavy atom. The van der Waals surface area contributed by atoms with Crippen molar-refractivity contribution in [2.45, 2.75) is 85.5 Å². The standard InChI is InChI=1S/C19H24F18N2O7S2/c1-9(38-47(40,41)18(34,35)14(24,25)12(20,21)16(28,29)30)6-44-4-5-46-11(3)8-45-7-10(2)39-48(42,43)19(36,37)15(26,27)13(22,23)17(31,32)33/h9-11,38-39H,4-8H2,1-3H3. The Morgan fingerprint density at radius 1 is 0.479 bits per heavy atom. The highest BCUT2D eigenvalue weighted by Crippen LogP contribution is 2.55. The lowest BCUT2D eigenvalue weighted by Gasteiger charge is -2.33. The minimum atomic E-state index is -7.48. The van der Waals surface area contributed by atoms with Gasteiger partial charge in [0.05, 0.1) is 39.1 Å². The van der Waals surface area contributed by atoms with E-state index in [4.69, 9.17) is 14.2 Å². The van der Waals surface area contributed by atoms with E-state index >= 15 is 0 Å². The van der Waals surface area contributed by atoms with Crippen molar-refractivity contribution < 1.29 is 110 Å². The summed E-state index contributed by atoms with van der Waals surface area (Å²) in [5.74, 6) is -29.9. The van der Waals surface area contributed by atoms with E-state index in [1.807, 2.05) is 0 Å². The van der Waals surface area contributed by atoms with Crippen molar-refractivity contribution in [3.05, 3.63) is 0 Å². The zero-order chi connectivity index (χ0) is 38.8. The molecular weight excluding hydrogens is 774 g/mol. The van der Waals surface area contributed by atoms with E-state index < -0.39 is 118 Å². The third kappa shape index (κ3) is 9.40. The van der Waals surface area contributed by atoms with Crippen molar-refractivity contribution in [1.29, 1.82) is 0 Å². The molecule has 29 heteroatoms. The van der Waals surface area contributed by atoms with Gasteiger partial charge in [0.25, 0.3) is 20.0 Å². The van der Waals surface area contributed by atoms with Crippen LogP contribution in [-0.4, -0.2) is 115 Å². The van der Waals surface area contributed by atoms with E-state index in [1.165, 1.54) is 6.92 Å². The average Bonchev–Trinajstić information content (AvgIpc) is 2.85. The van der Waals surface area contributed by atoms with Gasteiger partial charge in [-0.25, -0.2) is 26.3 Å². The van der Waals surface area contributed by atoms with Gasteiger partial charge in [-0.1, -0.05) is 0 Å². The van der Waals surface area contributed by atoms with Gasteiger partial charge in [0.1, 0.15) is 0 Å². The molecule has 0 spiro atoms. The Hall–Kier alpha value is -1.56. The fourth-order valence-electron chi connectivity index (χ4n) is 2.83. The molecule has 0 radical (unpaired) electrons. The lowest BCUT2D eigenvalue weighted by molar-refractivity contribution is -0.382. The highest BCUT2D eigenvalue weighted by molar-refractivity contribution is 7.90. The number of hydrogen-bond acceptors (Lipinski definition) is 7. The summed E-state index contributed by atoms with van der Waals surface area (Å²) in [5, 5.41) is -14.0. The van der Waals surface area contributed by atoms with Crippen LogP contribution in [0.15, 0.2) is 0 Å². The van der Waals surface area contributed by atoms with Crippen LogP contribution in [0.2, 0.25) is 0 Å². The molecule has 0 aliphatic carbocycles. The number of hydrogen-bond donors (Lipinski definition) is 2. The van der Waals surface area contributed by atoms with Crippen LogP contribution >= 0.6 is 0 Å². The van der Waals surface area contributed by atoms with Gasteiger partial charge in [-0.2, -0.15) is 79.0 Å². The molecule has 9 nitrogen and oxygen atoms in total. The number of halogens is 18. The van der Waals surface area contributed by atoms with Crippen LogP contribution in [0, 0.1) is 0 Å². The number of alkyl halides is 18. The van der Waals surface area contributed by atoms with Crippen LogP contribution in [-0.2, 0) is 34.3 Å². The van der Waals surface area contributed by atoms with Crippen molar-refractivity contribution in [3.63, 3.8) is 0 Å². The Labute approximate surface area is 258 Å². The second-order valence-corrected chi connectivity index (χ2v) is 13.2. The third-order valence-corrected chi connectivity index (χ3v) is 8.63. The van der Waals surface area contributed by atoms with Crippen LogP contribution in [0.25, 0.3) is 0 Å². The van der Waals surface area contributed by atoms with Crippen LogP contribution in [0.5, 0.6) is 0 Å². The molecule has 290 valence electrons. The summed E-state index contributed by atoms with van der Waals surface area (Å²) >= 11 is 0. The monoisotopic (exact) mass is 798 g/mol. The van der Waals surface area contributed by atoms with E-state index in [9.17, 15) is 95.9 Å². The molecule has 3 unspecified atom stereocenters. The van der Waals surface area contributed by atoms with E-state index in [1.54, 1.807) is 0 Å². The topological polar surface area (TPSA) is 120 Å². The van der Waals surface area contributed by atoms with Gasteiger partial charge < -0.3 is 14.2 Å². The lowest BCUT2D eigenvalue weighted by atomic mass is 10.1. The fourth-order valence-corrected chi connectivity index (χ4v) is 5.25. The molecule has 2 N–H and O–H groups in total. The summed E-state index contributed by atoms with van der Waals surface area (Å²) in [5.41, 5.74) is 0. The summed E-state index contributed by atoms with van der Waals surface area (Å²) in [6.45, 7) is -1.27. The molecule has 0 rings (SSSR count). The van der Waals surface area contributed by atoms with Crippen LogP contribution in [0.4, 0.5) is 79.0 Å².